The Morgan fingerprint density at radius 1 is 1.33 bits per heavy atom. The maximum absolute atomic E-state index is 5.45. The normalized spacial score (nSPS) is 18.4. The van der Waals surface area contributed by atoms with Gasteiger partial charge < -0.3 is 9.47 Å². The molecule has 0 saturated carbocycles. The average molecular weight is 314 g/mol. The Morgan fingerprint density at radius 2 is 2.00 bits per heavy atom. The maximum atomic E-state index is 5.45. The summed E-state index contributed by atoms with van der Waals surface area (Å²) in [6.45, 7) is 4.64. The lowest BCUT2D eigenvalue weighted by molar-refractivity contribution is -0.0518. The molecule has 0 amide bonds. The molecule has 1 unspecified atom stereocenters. The van der Waals surface area contributed by atoms with E-state index in [4.69, 9.17) is 9.47 Å². The zero-order valence-electron chi connectivity index (χ0n) is 10.9. The Balaban J connectivity index is 1.88. The van der Waals surface area contributed by atoms with Gasteiger partial charge in [0, 0.05) is 23.5 Å². The fourth-order valence-corrected chi connectivity index (χ4v) is 2.74. The standard InChI is InChI=1S/C14H20BrNO2/c1-11(12-5-3-4-6-13(12)15)16(2)8-7-14-17-9-10-18-14/h3-6,11,14H,7-10H2,1-2H3. The van der Waals surface area contributed by atoms with E-state index < -0.39 is 0 Å². The quantitative estimate of drug-likeness (QED) is 0.833. The van der Waals surface area contributed by atoms with Gasteiger partial charge >= 0.3 is 0 Å². The van der Waals surface area contributed by atoms with Crippen LogP contribution in [-0.2, 0) is 9.47 Å². The molecule has 1 aliphatic heterocycles. The Labute approximate surface area is 117 Å². The minimum atomic E-state index is -0.0149. The maximum Gasteiger partial charge on any atom is 0.159 e. The van der Waals surface area contributed by atoms with Crippen LogP contribution in [0.1, 0.15) is 24.9 Å². The molecule has 0 bridgehead atoms. The van der Waals surface area contributed by atoms with Gasteiger partial charge in [-0.1, -0.05) is 34.1 Å². The molecule has 1 aromatic carbocycles. The van der Waals surface area contributed by atoms with Crippen molar-refractivity contribution in [2.75, 3.05) is 26.8 Å². The topological polar surface area (TPSA) is 21.7 Å². The molecule has 0 aromatic heterocycles. The number of nitrogens with zero attached hydrogens (tertiary/aromatic N) is 1. The molecule has 1 heterocycles. The van der Waals surface area contributed by atoms with Crippen LogP contribution in [0.3, 0.4) is 0 Å². The lowest BCUT2D eigenvalue weighted by atomic mass is 10.1. The third kappa shape index (κ3) is 3.54. The monoisotopic (exact) mass is 313 g/mol. The number of hydrogen-bond donors (Lipinski definition) is 0. The molecular formula is C14H20BrNO2. The largest absolute Gasteiger partial charge is 0.350 e. The second-order valence-corrected chi connectivity index (χ2v) is 5.49. The van der Waals surface area contributed by atoms with Crippen molar-refractivity contribution in [2.24, 2.45) is 0 Å². The van der Waals surface area contributed by atoms with Crippen molar-refractivity contribution in [3.63, 3.8) is 0 Å². The van der Waals surface area contributed by atoms with Crippen LogP contribution in [0.15, 0.2) is 28.7 Å². The van der Waals surface area contributed by atoms with Crippen molar-refractivity contribution in [1.82, 2.24) is 4.90 Å². The fourth-order valence-electron chi connectivity index (χ4n) is 2.13. The molecule has 1 fully saturated rings. The SMILES string of the molecule is CC(c1ccccc1Br)N(C)CCC1OCCO1. The zero-order chi connectivity index (χ0) is 13.0. The van der Waals surface area contributed by atoms with Crippen LogP contribution in [0.2, 0.25) is 0 Å². The number of ether oxygens (including phenoxy) is 2. The number of rotatable bonds is 5. The van der Waals surface area contributed by atoms with Crippen molar-refractivity contribution in [3.05, 3.63) is 34.3 Å². The molecule has 18 heavy (non-hydrogen) atoms. The van der Waals surface area contributed by atoms with Gasteiger partial charge in [-0.05, 0) is 25.6 Å². The molecule has 1 aliphatic rings. The van der Waals surface area contributed by atoms with Gasteiger partial charge in [0.25, 0.3) is 0 Å². The number of hydrogen-bond acceptors (Lipinski definition) is 3. The summed E-state index contributed by atoms with van der Waals surface area (Å²) in [6, 6.07) is 8.74. The second-order valence-electron chi connectivity index (χ2n) is 4.64. The summed E-state index contributed by atoms with van der Waals surface area (Å²) >= 11 is 3.61. The summed E-state index contributed by atoms with van der Waals surface area (Å²) in [5.74, 6) is 0. The summed E-state index contributed by atoms with van der Waals surface area (Å²) in [5.41, 5.74) is 1.31. The highest BCUT2D eigenvalue weighted by atomic mass is 79.9. The first-order valence-corrected chi connectivity index (χ1v) is 7.15. The van der Waals surface area contributed by atoms with E-state index in [0.717, 1.165) is 30.7 Å². The van der Waals surface area contributed by atoms with Gasteiger partial charge in [0.2, 0.25) is 0 Å². The van der Waals surface area contributed by atoms with E-state index in [1.165, 1.54) is 5.56 Å². The van der Waals surface area contributed by atoms with Gasteiger partial charge in [-0.15, -0.1) is 0 Å². The number of halogens is 1. The Bertz CT molecular complexity index is 380. The summed E-state index contributed by atoms with van der Waals surface area (Å²) in [5, 5.41) is 0. The first kappa shape index (κ1) is 14.0. The molecule has 100 valence electrons. The highest BCUT2D eigenvalue weighted by Gasteiger charge is 2.19. The van der Waals surface area contributed by atoms with E-state index in [-0.39, 0.29) is 6.29 Å². The first-order valence-electron chi connectivity index (χ1n) is 6.36. The minimum absolute atomic E-state index is 0.0149. The van der Waals surface area contributed by atoms with Gasteiger partial charge in [-0.25, -0.2) is 0 Å². The van der Waals surface area contributed by atoms with Crippen molar-refractivity contribution in [1.29, 1.82) is 0 Å². The van der Waals surface area contributed by atoms with Crippen LogP contribution >= 0.6 is 15.9 Å². The van der Waals surface area contributed by atoms with E-state index in [9.17, 15) is 0 Å². The van der Waals surface area contributed by atoms with Crippen LogP contribution < -0.4 is 0 Å². The Morgan fingerprint density at radius 3 is 2.67 bits per heavy atom. The average Bonchev–Trinajstić information content (AvgIpc) is 2.89. The molecule has 1 atom stereocenters. The van der Waals surface area contributed by atoms with Crippen LogP contribution in [0.5, 0.6) is 0 Å². The molecule has 3 nitrogen and oxygen atoms in total. The molecule has 1 saturated heterocycles. The summed E-state index contributed by atoms with van der Waals surface area (Å²) in [7, 11) is 2.14. The fraction of sp³-hybridized carbons (Fsp3) is 0.571. The highest BCUT2D eigenvalue weighted by Crippen LogP contribution is 2.26. The summed E-state index contributed by atoms with van der Waals surface area (Å²) < 4.78 is 12.1. The van der Waals surface area contributed by atoms with E-state index in [1.807, 2.05) is 6.07 Å². The third-order valence-corrected chi connectivity index (χ3v) is 4.15. The second kappa shape index (κ2) is 6.66. The predicted octanol–water partition coefficient (Wildman–Crippen LogP) is 3.20. The molecule has 0 spiro atoms. The Kier molecular flexibility index (Phi) is 5.18. The van der Waals surface area contributed by atoms with Crippen LogP contribution in [0.25, 0.3) is 0 Å². The van der Waals surface area contributed by atoms with Gasteiger partial charge in [0.15, 0.2) is 6.29 Å². The lowest BCUT2D eigenvalue weighted by Gasteiger charge is -2.26. The van der Waals surface area contributed by atoms with Crippen molar-refractivity contribution in [3.8, 4) is 0 Å². The first-order chi connectivity index (χ1) is 8.68. The lowest BCUT2D eigenvalue weighted by Crippen LogP contribution is -2.27. The third-order valence-electron chi connectivity index (χ3n) is 3.42. The van der Waals surface area contributed by atoms with Crippen LogP contribution in [-0.4, -0.2) is 38.0 Å². The molecular weight excluding hydrogens is 294 g/mol. The van der Waals surface area contributed by atoms with E-state index in [0.29, 0.717) is 6.04 Å². The molecule has 2 rings (SSSR count). The predicted molar refractivity (Wildman–Crippen MR) is 75.5 cm³/mol. The van der Waals surface area contributed by atoms with Crippen molar-refractivity contribution >= 4 is 15.9 Å². The van der Waals surface area contributed by atoms with Crippen LogP contribution in [0.4, 0.5) is 0 Å². The van der Waals surface area contributed by atoms with Gasteiger partial charge in [-0.2, -0.15) is 0 Å². The van der Waals surface area contributed by atoms with Gasteiger partial charge in [-0.3, -0.25) is 4.90 Å². The van der Waals surface area contributed by atoms with E-state index in [1.54, 1.807) is 0 Å². The molecule has 4 heteroatoms. The molecule has 0 radical (unpaired) electrons. The van der Waals surface area contributed by atoms with Crippen LogP contribution in [0, 0.1) is 0 Å². The van der Waals surface area contributed by atoms with Crippen molar-refractivity contribution < 1.29 is 9.47 Å². The minimum Gasteiger partial charge on any atom is -0.350 e. The van der Waals surface area contributed by atoms with Gasteiger partial charge in [0.05, 0.1) is 13.2 Å². The highest BCUT2D eigenvalue weighted by molar-refractivity contribution is 9.10. The van der Waals surface area contributed by atoms with Gasteiger partial charge in [0.1, 0.15) is 0 Å². The molecule has 0 aliphatic carbocycles. The zero-order valence-corrected chi connectivity index (χ0v) is 12.5. The smallest absolute Gasteiger partial charge is 0.159 e. The van der Waals surface area contributed by atoms with Crippen molar-refractivity contribution in [2.45, 2.75) is 25.7 Å². The molecule has 0 N–H and O–H groups in total. The number of benzene rings is 1. The summed E-state index contributed by atoms with van der Waals surface area (Å²) in [4.78, 5) is 2.32. The summed E-state index contributed by atoms with van der Waals surface area (Å²) in [6.07, 6.45) is 0.907. The Hall–Kier alpha value is -0.420. The molecule has 1 aromatic rings. The van der Waals surface area contributed by atoms with E-state index >= 15 is 0 Å². The van der Waals surface area contributed by atoms with E-state index in [2.05, 4.69) is 53.0 Å².